The predicted octanol–water partition coefficient (Wildman–Crippen LogP) is 9.17. The first kappa shape index (κ1) is 28.5. The molecule has 0 aliphatic heterocycles. The second kappa shape index (κ2) is 11.8. The van der Waals surface area contributed by atoms with E-state index < -0.39 is 0 Å². The zero-order chi connectivity index (χ0) is 27.8. The van der Waals surface area contributed by atoms with Crippen molar-refractivity contribution in [3.63, 3.8) is 0 Å². The molecule has 0 spiro atoms. The van der Waals surface area contributed by atoms with Crippen molar-refractivity contribution in [2.45, 2.75) is 39.5 Å². The average molecular weight is 718 g/mol. The molecule has 0 fully saturated rings. The van der Waals surface area contributed by atoms with Crippen LogP contribution in [0.4, 0.5) is 0 Å². The molecular formula is C36H32N3OPt-. The number of benzene rings is 4. The van der Waals surface area contributed by atoms with E-state index in [-0.39, 0.29) is 26.8 Å². The van der Waals surface area contributed by atoms with Crippen LogP contribution in [0.15, 0.2) is 103 Å². The predicted molar refractivity (Wildman–Crippen MR) is 164 cm³/mol. The molecular weight excluding hydrogens is 685 g/mol. The molecule has 2 aromatic heterocycles. The number of fused-ring (bicyclic) bond motifs is 1. The molecule has 5 heteroatoms. The summed E-state index contributed by atoms with van der Waals surface area (Å²) in [6, 6.07) is 35.6. The number of pyridine rings is 1. The van der Waals surface area contributed by atoms with Gasteiger partial charge in [0.2, 0.25) is 0 Å². The van der Waals surface area contributed by atoms with Gasteiger partial charge in [0.25, 0.3) is 0 Å². The zero-order valence-electron chi connectivity index (χ0n) is 23.6. The third-order valence-corrected chi connectivity index (χ3v) is 7.42. The van der Waals surface area contributed by atoms with E-state index in [9.17, 15) is 5.11 Å². The molecule has 0 amide bonds. The van der Waals surface area contributed by atoms with Crippen LogP contribution >= 0.6 is 0 Å². The molecule has 0 aliphatic rings. The second-order valence-electron chi connectivity index (χ2n) is 10.8. The summed E-state index contributed by atoms with van der Waals surface area (Å²) in [5.41, 5.74) is 7.71. The number of hydrogen-bond acceptors (Lipinski definition) is 3. The number of aromatic nitrogens is 3. The topological polar surface area (TPSA) is 50.9 Å². The maximum Gasteiger partial charge on any atom is 0.163 e. The number of rotatable bonds is 6. The van der Waals surface area contributed by atoms with Crippen LogP contribution in [0.3, 0.4) is 0 Å². The summed E-state index contributed by atoms with van der Waals surface area (Å²) in [6.45, 7) is 8.93. The molecule has 0 saturated heterocycles. The average Bonchev–Trinajstić information content (AvgIpc) is 3.42. The van der Waals surface area contributed by atoms with Gasteiger partial charge in [0, 0.05) is 38.5 Å². The van der Waals surface area contributed by atoms with E-state index in [0.717, 1.165) is 39.2 Å². The Kier molecular flexibility index (Phi) is 8.24. The molecule has 41 heavy (non-hydrogen) atoms. The Morgan fingerprint density at radius 1 is 0.659 bits per heavy atom. The Morgan fingerprint density at radius 2 is 1.29 bits per heavy atom. The molecule has 0 saturated carbocycles. The Labute approximate surface area is 256 Å². The quantitative estimate of drug-likeness (QED) is 0.175. The van der Waals surface area contributed by atoms with E-state index in [0.29, 0.717) is 23.1 Å². The van der Waals surface area contributed by atoms with Gasteiger partial charge in [-0.1, -0.05) is 87.9 Å². The number of phenolic OH excluding ortho intramolecular Hbond substituents is 1. The van der Waals surface area contributed by atoms with Crippen LogP contribution in [0.5, 0.6) is 5.75 Å². The molecule has 0 aliphatic carbocycles. The van der Waals surface area contributed by atoms with Gasteiger partial charge >= 0.3 is 0 Å². The summed E-state index contributed by atoms with van der Waals surface area (Å²) in [5.74, 6) is 1.60. The molecule has 4 nitrogen and oxygen atoms in total. The summed E-state index contributed by atoms with van der Waals surface area (Å²) >= 11 is 0. The number of phenols is 1. The Bertz CT molecular complexity index is 1810. The summed E-state index contributed by atoms with van der Waals surface area (Å²) in [5, 5.41) is 12.7. The molecule has 0 radical (unpaired) electrons. The second-order valence-corrected chi connectivity index (χ2v) is 10.8. The van der Waals surface area contributed by atoms with Crippen LogP contribution < -0.4 is 0 Å². The van der Waals surface area contributed by atoms with Crippen molar-refractivity contribution in [2.24, 2.45) is 0 Å². The van der Waals surface area contributed by atoms with Crippen LogP contribution in [0.2, 0.25) is 0 Å². The maximum atomic E-state index is 10.5. The van der Waals surface area contributed by atoms with Crippen molar-refractivity contribution in [1.82, 2.24) is 14.5 Å². The van der Waals surface area contributed by atoms with E-state index >= 15 is 0 Å². The molecule has 6 rings (SSSR count). The van der Waals surface area contributed by atoms with Gasteiger partial charge in [-0.3, -0.25) is 4.57 Å². The third-order valence-electron chi connectivity index (χ3n) is 7.42. The minimum atomic E-state index is 0. The van der Waals surface area contributed by atoms with Gasteiger partial charge in [0.15, 0.2) is 5.82 Å². The van der Waals surface area contributed by atoms with Crippen molar-refractivity contribution in [2.75, 3.05) is 0 Å². The van der Waals surface area contributed by atoms with Gasteiger partial charge in [0.1, 0.15) is 11.4 Å². The Hall–Kier alpha value is -4.01. The van der Waals surface area contributed by atoms with E-state index in [1.54, 1.807) is 6.07 Å². The molecule has 0 atom stereocenters. The molecule has 1 N–H and O–H groups in total. The first-order chi connectivity index (χ1) is 19.4. The van der Waals surface area contributed by atoms with Crippen molar-refractivity contribution in [3.05, 3.63) is 120 Å². The fraction of sp³-hybridized carbons (Fsp3) is 0.167. The van der Waals surface area contributed by atoms with Gasteiger partial charge in [-0.25, -0.2) is 9.97 Å². The number of imidazole rings is 1. The molecule has 4 aromatic carbocycles. The number of nitrogens with zero attached hydrogens (tertiary/aromatic N) is 3. The normalized spacial score (nSPS) is 11.3. The maximum absolute atomic E-state index is 10.5. The summed E-state index contributed by atoms with van der Waals surface area (Å²) in [6.07, 6.45) is 2.15. The number of para-hydroxylation sites is 2. The van der Waals surface area contributed by atoms with E-state index in [1.165, 1.54) is 11.1 Å². The summed E-state index contributed by atoms with van der Waals surface area (Å²) < 4.78 is 2.22. The molecule has 2 heterocycles. The molecule has 0 unspecified atom stereocenters. The Balaban J connectivity index is 0.00000337. The minimum Gasteiger partial charge on any atom is -0.507 e. The van der Waals surface area contributed by atoms with Gasteiger partial charge < -0.3 is 5.11 Å². The van der Waals surface area contributed by atoms with Crippen LogP contribution in [-0.4, -0.2) is 19.6 Å². The van der Waals surface area contributed by atoms with Crippen molar-refractivity contribution >= 4 is 10.8 Å². The number of hydrogen-bond donors (Lipinski definition) is 1. The monoisotopic (exact) mass is 717 g/mol. The van der Waals surface area contributed by atoms with Gasteiger partial charge in [-0.05, 0) is 47.2 Å². The van der Waals surface area contributed by atoms with E-state index in [2.05, 4.69) is 87.0 Å². The minimum absolute atomic E-state index is 0. The first-order valence-corrected chi connectivity index (χ1v) is 13.8. The van der Waals surface area contributed by atoms with Crippen molar-refractivity contribution in [3.8, 4) is 45.5 Å². The first-order valence-electron chi connectivity index (χ1n) is 13.8. The van der Waals surface area contributed by atoms with Crippen molar-refractivity contribution in [1.29, 1.82) is 0 Å². The molecule has 208 valence electrons. The molecule has 6 aromatic rings. The summed E-state index contributed by atoms with van der Waals surface area (Å²) in [4.78, 5) is 10.3. The van der Waals surface area contributed by atoms with Crippen LogP contribution in [0.25, 0.3) is 50.5 Å². The van der Waals surface area contributed by atoms with Crippen LogP contribution in [0, 0.1) is 6.07 Å². The van der Waals surface area contributed by atoms with E-state index in [4.69, 9.17) is 9.97 Å². The van der Waals surface area contributed by atoms with Gasteiger partial charge in [-0.15, -0.1) is 35.0 Å². The smallest absolute Gasteiger partial charge is 0.163 e. The van der Waals surface area contributed by atoms with Gasteiger partial charge in [-0.2, -0.15) is 0 Å². The zero-order valence-corrected chi connectivity index (χ0v) is 25.8. The number of aromatic hydroxyl groups is 1. The summed E-state index contributed by atoms with van der Waals surface area (Å²) in [7, 11) is 0. The molecule has 0 bridgehead atoms. The van der Waals surface area contributed by atoms with Gasteiger partial charge in [0.05, 0.1) is 11.4 Å². The Morgan fingerprint density at radius 3 is 2.02 bits per heavy atom. The van der Waals surface area contributed by atoms with Crippen LogP contribution in [-0.2, 0) is 21.1 Å². The largest absolute Gasteiger partial charge is 0.507 e. The third kappa shape index (κ3) is 5.37. The fourth-order valence-corrected chi connectivity index (χ4v) is 5.42. The van der Waals surface area contributed by atoms with Crippen LogP contribution in [0.1, 0.15) is 50.7 Å². The SMILES string of the molecule is CC(C)c1cccc(C(C)C)c1-n1cc(-c2cccc3ccc[c-]c23)nc1-c1cccc(-c2ccccc2O)n1.[Pt]. The van der Waals surface area contributed by atoms with Crippen molar-refractivity contribution < 1.29 is 26.2 Å². The standard InChI is InChI=1S/C36H32N3O.Pt/c1-23(2)26-16-10-17-27(24(3)4)35(26)39-22-33(29-18-9-13-25-12-5-6-14-28(25)29)38-36(39)32-20-11-19-31(37-32)30-15-7-8-21-34(30)40;/h5-13,15-24,40H,1-4H3;/q-1;. The fourth-order valence-electron chi connectivity index (χ4n) is 5.42. The van der Waals surface area contributed by atoms with E-state index in [1.807, 2.05) is 48.5 Å².